The molecule has 0 radical (unpaired) electrons. The van der Waals surface area contributed by atoms with Crippen molar-refractivity contribution in [1.82, 2.24) is 15.5 Å². The average molecular weight is 468 g/mol. The van der Waals surface area contributed by atoms with Crippen molar-refractivity contribution in [2.24, 2.45) is 0 Å². The van der Waals surface area contributed by atoms with Crippen LogP contribution in [0.15, 0.2) is 60.7 Å². The maximum absolute atomic E-state index is 12.9. The van der Waals surface area contributed by atoms with Crippen molar-refractivity contribution in [2.45, 2.75) is 50.9 Å². The number of likely N-dealkylation sites (tertiary alicyclic amines) is 1. The Labute approximate surface area is 198 Å². The van der Waals surface area contributed by atoms with Gasteiger partial charge in [0.2, 0.25) is 11.8 Å². The Morgan fingerprint density at radius 3 is 2.24 bits per heavy atom. The number of hydrogen-bond acceptors (Lipinski definition) is 5. The second-order valence-corrected chi connectivity index (χ2v) is 8.21. The van der Waals surface area contributed by atoms with Crippen LogP contribution in [0.5, 0.6) is 0 Å². The molecule has 3 unspecified atom stereocenters. The molecule has 1 fully saturated rings. The SMILES string of the molecule is CC(NC(=O)OCc1ccccc1)C(=O)N1CCCC1C(=O)NC(Cc1ccccc1)C(=O)O. The Kier molecular flexibility index (Phi) is 8.61. The minimum absolute atomic E-state index is 0.0698. The van der Waals surface area contributed by atoms with Crippen LogP contribution in [0.4, 0.5) is 4.79 Å². The molecule has 0 saturated carbocycles. The minimum atomic E-state index is -1.15. The van der Waals surface area contributed by atoms with E-state index >= 15 is 0 Å². The Morgan fingerprint density at radius 1 is 1.00 bits per heavy atom. The number of aliphatic carboxylic acids is 1. The summed E-state index contributed by atoms with van der Waals surface area (Å²) in [5, 5.41) is 14.6. The first kappa shape index (κ1) is 24.8. The van der Waals surface area contributed by atoms with Crippen LogP contribution in [-0.2, 0) is 32.1 Å². The van der Waals surface area contributed by atoms with Gasteiger partial charge >= 0.3 is 12.1 Å². The summed E-state index contributed by atoms with van der Waals surface area (Å²) in [6.07, 6.45) is 0.415. The first-order valence-corrected chi connectivity index (χ1v) is 11.2. The monoisotopic (exact) mass is 467 g/mol. The van der Waals surface area contributed by atoms with Crippen LogP contribution < -0.4 is 10.6 Å². The lowest BCUT2D eigenvalue weighted by molar-refractivity contribution is -0.144. The topological polar surface area (TPSA) is 125 Å². The zero-order valence-electron chi connectivity index (χ0n) is 19.0. The van der Waals surface area contributed by atoms with Gasteiger partial charge in [-0.15, -0.1) is 0 Å². The summed E-state index contributed by atoms with van der Waals surface area (Å²) in [5.74, 6) is -2.10. The predicted molar refractivity (Wildman–Crippen MR) is 124 cm³/mol. The molecule has 180 valence electrons. The Hall–Kier alpha value is -3.88. The van der Waals surface area contributed by atoms with E-state index in [1.54, 1.807) is 24.3 Å². The number of carbonyl (C=O) groups excluding carboxylic acids is 3. The first-order chi connectivity index (χ1) is 16.3. The zero-order valence-corrected chi connectivity index (χ0v) is 19.0. The lowest BCUT2D eigenvalue weighted by Crippen LogP contribution is -2.55. The number of nitrogens with zero attached hydrogens (tertiary/aromatic N) is 1. The zero-order chi connectivity index (χ0) is 24.5. The molecule has 1 saturated heterocycles. The fourth-order valence-corrected chi connectivity index (χ4v) is 3.87. The van der Waals surface area contributed by atoms with Crippen LogP contribution in [-0.4, -0.2) is 58.6 Å². The van der Waals surface area contributed by atoms with Crippen molar-refractivity contribution >= 4 is 23.9 Å². The number of rotatable bonds is 9. The quantitative estimate of drug-likeness (QED) is 0.519. The summed E-state index contributed by atoms with van der Waals surface area (Å²) in [5.41, 5.74) is 1.60. The van der Waals surface area contributed by atoms with Crippen LogP contribution in [0.25, 0.3) is 0 Å². The third kappa shape index (κ3) is 6.81. The maximum atomic E-state index is 12.9. The highest BCUT2D eigenvalue weighted by Crippen LogP contribution is 2.19. The van der Waals surface area contributed by atoms with Crippen LogP contribution in [0, 0.1) is 0 Å². The van der Waals surface area contributed by atoms with E-state index in [0.29, 0.717) is 19.4 Å². The summed E-state index contributed by atoms with van der Waals surface area (Å²) < 4.78 is 5.16. The molecule has 3 atom stereocenters. The summed E-state index contributed by atoms with van der Waals surface area (Å²) in [4.78, 5) is 51.0. The number of nitrogens with one attached hydrogen (secondary N) is 2. The van der Waals surface area contributed by atoms with Crippen molar-refractivity contribution in [2.75, 3.05) is 6.54 Å². The van der Waals surface area contributed by atoms with Crippen LogP contribution >= 0.6 is 0 Å². The summed E-state index contributed by atoms with van der Waals surface area (Å²) in [6.45, 7) is 1.94. The molecule has 0 aliphatic carbocycles. The Morgan fingerprint density at radius 2 is 1.62 bits per heavy atom. The van der Waals surface area contributed by atoms with Crippen molar-refractivity contribution in [3.8, 4) is 0 Å². The van der Waals surface area contributed by atoms with Crippen molar-refractivity contribution in [3.63, 3.8) is 0 Å². The molecule has 1 aliphatic rings. The fraction of sp³-hybridized carbons (Fsp3) is 0.360. The number of ether oxygens (including phenoxy) is 1. The minimum Gasteiger partial charge on any atom is -0.480 e. The summed E-state index contributed by atoms with van der Waals surface area (Å²) in [7, 11) is 0. The molecule has 3 N–H and O–H groups in total. The van der Waals surface area contributed by atoms with Crippen molar-refractivity contribution in [1.29, 1.82) is 0 Å². The molecular weight excluding hydrogens is 438 g/mol. The average Bonchev–Trinajstić information content (AvgIpc) is 3.33. The molecule has 2 aromatic carbocycles. The second-order valence-electron chi connectivity index (χ2n) is 8.21. The summed E-state index contributed by atoms with van der Waals surface area (Å²) in [6, 6.07) is 15.3. The van der Waals surface area contributed by atoms with Crippen molar-refractivity contribution < 1.29 is 29.0 Å². The van der Waals surface area contributed by atoms with Gasteiger partial charge in [0.1, 0.15) is 24.7 Å². The molecule has 34 heavy (non-hydrogen) atoms. The molecule has 3 rings (SSSR count). The molecule has 0 bridgehead atoms. The highest BCUT2D eigenvalue weighted by molar-refractivity contribution is 5.93. The standard InChI is InChI=1S/C25H29N3O6/c1-17(26-25(33)34-16-19-11-6-3-7-12-19)23(30)28-14-8-13-21(28)22(29)27-20(24(31)32)15-18-9-4-2-5-10-18/h2-7,9-12,17,20-21H,8,13-16H2,1H3,(H,26,33)(H,27,29)(H,31,32). The van der Waals surface area contributed by atoms with Gasteiger partial charge < -0.3 is 25.4 Å². The number of carbonyl (C=O) groups is 4. The number of carboxylic acids is 1. The Bertz CT molecular complexity index is 998. The molecule has 1 heterocycles. The van der Waals surface area contributed by atoms with Crippen molar-refractivity contribution in [3.05, 3.63) is 71.8 Å². The van der Waals surface area contributed by atoms with E-state index in [-0.39, 0.29) is 13.0 Å². The van der Waals surface area contributed by atoms with Gasteiger partial charge in [-0.05, 0) is 30.9 Å². The van der Waals surface area contributed by atoms with Gasteiger partial charge in [0.15, 0.2) is 0 Å². The number of alkyl carbamates (subject to hydrolysis) is 1. The van der Waals surface area contributed by atoms with E-state index in [1.807, 2.05) is 36.4 Å². The van der Waals surface area contributed by atoms with Gasteiger partial charge in [-0.2, -0.15) is 0 Å². The third-order valence-corrected chi connectivity index (χ3v) is 5.65. The molecule has 1 aliphatic heterocycles. The maximum Gasteiger partial charge on any atom is 0.408 e. The lowest BCUT2D eigenvalue weighted by atomic mass is 10.1. The van der Waals surface area contributed by atoms with E-state index in [0.717, 1.165) is 11.1 Å². The number of amides is 3. The van der Waals surface area contributed by atoms with E-state index in [1.165, 1.54) is 11.8 Å². The largest absolute Gasteiger partial charge is 0.480 e. The van der Waals surface area contributed by atoms with Gasteiger partial charge in [-0.25, -0.2) is 9.59 Å². The second kappa shape index (κ2) is 11.8. The van der Waals surface area contributed by atoms with E-state index in [2.05, 4.69) is 10.6 Å². The van der Waals surface area contributed by atoms with E-state index in [9.17, 15) is 24.3 Å². The van der Waals surface area contributed by atoms with E-state index in [4.69, 9.17) is 4.74 Å². The molecule has 2 aromatic rings. The van der Waals surface area contributed by atoms with Gasteiger partial charge in [0.05, 0.1) is 0 Å². The van der Waals surface area contributed by atoms with Crippen LogP contribution in [0.1, 0.15) is 30.9 Å². The van der Waals surface area contributed by atoms with Crippen LogP contribution in [0.2, 0.25) is 0 Å². The van der Waals surface area contributed by atoms with Gasteiger partial charge in [-0.3, -0.25) is 9.59 Å². The molecule has 0 aromatic heterocycles. The number of carboxylic acid groups (broad SMARTS) is 1. The first-order valence-electron chi connectivity index (χ1n) is 11.2. The normalized spacial score (nSPS) is 16.9. The van der Waals surface area contributed by atoms with Gasteiger partial charge in [-0.1, -0.05) is 60.7 Å². The fourth-order valence-electron chi connectivity index (χ4n) is 3.87. The highest BCUT2D eigenvalue weighted by Gasteiger charge is 2.37. The molecule has 9 heteroatoms. The lowest BCUT2D eigenvalue weighted by Gasteiger charge is -2.28. The Balaban J connectivity index is 1.55. The number of benzene rings is 2. The summed E-state index contributed by atoms with van der Waals surface area (Å²) >= 11 is 0. The van der Waals surface area contributed by atoms with E-state index < -0.39 is 42.0 Å². The molecule has 3 amide bonds. The number of hydrogen-bond donors (Lipinski definition) is 3. The predicted octanol–water partition coefficient (Wildman–Crippen LogP) is 2.10. The van der Waals surface area contributed by atoms with Gasteiger partial charge in [0, 0.05) is 13.0 Å². The molecular formula is C25H29N3O6. The van der Waals surface area contributed by atoms with Gasteiger partial charge in [0.25, 0.3) is 0 Å². The third-order valence-electron chi connectivity index (χ3n) is 5.65. The molecule has 0 spiro atoms. The smallest absolute Gasteiger partial charge is 0.408 e. The molecule has 9 nitrogen and oxygen atoms in total. The highest BCUT2D eigenvalue weighted by atomic mass is 16.5. The van der Waals surface area contributed by atoms with Crippen LogP contribution in [0.3, 0.4) is 0 Å².